The maximum atomic E-state index is 12.3. The molecule has 0 aromatic carbocycles. The van der Waals surface area contributed by atoms with Crippen LogP contribution < -0.4 is 5.32 Å². The van der Waals surface area contributed by atoms with Gasteiger partial charge in [0.25, 0.3) is 11.8 Å². The van der Waals surface area contributed by atoms with Crippen LogP contribution >= 0.6 is 0 Å². The van der Waals surface area contributed by atoms with E-state index in [0.717, 1.165) is 4.90 Å². The second-order valence-electron chi connectivity index (χ2n) is 9.16. The quantitative estimate of drug-likeness (QED) is 0.194. The molecule has 33 heavy (non-hydrogen) atoms. The van der Waals surface area contributed by atoms with Crippen LogP contribution in [0.4, 0.5) is 0 Å². The Bertz CT molecular complexity index is 646. The maximum absolute atomic E-state index is 12.3. The molecule has 3 amide bonds. The molecule has 10 nitrogen and oxygen atoms in total. The molecule has 0 spiro atoms. The molecular formula is C23H41N3O7. The Labute approximate surface area is 197 Å². The summed E-state index contributed by atoms with van der Waals surface area (Å²) < 4.78 is 17.2. The van der Waals surface area contributed by atoms with Crippen LogP contribution in [0.3, 0.4) is 0 Å². The number of amides is 3. The minimum atomic E-state index is -0.461. The molecule has 1 atom stereocenters. The minimum absolute atomic E-state index is 0.0110. The Morgan fingerprint density at radius 2 is 1.70 bits per heavy atom. The van der Waals surface area contributed by atoms with Gasteiger partial charge in [-0.2, -0.15) is 5.06 Å². The molecule has 0 saturated heterocycles. The number of nitrogens with zero attached hydrogens (tertiary/aromatic N) is 2. The van der Waals surface area contributed by atoms with E-state index in [1.807, 2.05) is 41.5 Å². The number of ether oxygens (including phenoxy) is 3. The molecule has 0 saturated carbocycles. The van der Waals surface area contributed by atoms with Gasteiger partial charge < -0.3 is 19.5 Å². The summed E-state index contributed by atoms with van der Waals surface area (Å²) in [4.78, 5) is 42.5. The van der Waals surface area contributed by atoms with Gasteiger partial charge in [-0.05, 0) is 48.0 Å². The highest BCUT2D eigenvalue weighted by Gasteiger charge is 2.25. The summed E-state index contributed by atoms with van der Waals surface area (Å²) in [6.07, 6.45) is 2.87. The van der Waals surface area contributed by atoms with Crippen molar-refractivity contribution in [2.24, 2.45) is 0 Å². The molecule has 1 rings (SSSR count). The van der Waals surface area contributed by atoms with Gasteiger partial charge in [-0.3, -0.25) is 24.1 Å². The van der Waals surface area contributed by atoms with Crippen LogP contribution in [0, 0.1) is 0 Å². The molecule has 1 N–H and O–H groups in total. The van der Waals surface area contributed by atoms with Crippen LogP contribution in [-0.2, 0) is 33.4 Å². The summed E-state index contributed by atoms with van der Waals surface area (Å²) in [5, 5.41) is 4.35. The number of carbonyl (C=O) groups excluding carboxylic acids is 3. The van der Waals surface area contributed by atoms with Crippen molar-refractivity contribution in [1.82, 2.24) is 15.3 Å². The lowest BCUT2D eigenvalue weighted by atomic mass is 10.1. The van der Waals surface area contributed by atoms with Crippen molar-refractivity contribution in [1.29, 1.82) is 0 Å². The smallest absolute Gasteiger partial charge is 0.253 e. The third-order valence-electron chi connectivity index (χ3n) is 4.72. The molecule has 10 heteroatoms. The zero-order valence-corrected chi connectivity index (χ0v) is 21.1. The average molecular weight is 472 g/mol. The van der Waals surface area contributed by atoms with Crippen molar-refractivity contribution in [3.8, 4) is 0 Å². The van der Waals surface area contributed by atoms with Crippen LogP contribution in [0.1, 0.15) is 54.4 Å². The molecule has 0 aromatic rings. The first-order valence-corrected chi connectivity index (χ1v) is 11.4. The van der Waals surface area contributed by atoms with E-state index in [2.05, 4.69) is 5.32 Å². The van der Waals surface area contributed by atoms with Gasteiger partial charge in [0.2, 0.25) is 5.91 Å². The zero-order chi connectivity index (χ0) is 25.0. The number of hydroxylamine groups is 2. The van der Waals surface area contributed by atoms with E-state index in [0.29, 0.717) is 13.0 Å². The molecule has 1 aliphatic rings. The molecule has 0 aromatic heterocycles. The summed E-state index contributed by atoms with van der Waals surface area (Å²) in [7, 11) is 1.75. The first kappa shape index (κ1) is 29.2. The van der Waals surface area contributed by atoms with Crippen molar-refractivity contribution in [3.05, 3.63) is 12.2 Å². The van der Waals surface area contributed by atoms with Crippen molar-refractivity contribution in [2.45, 2.75) is 78.3 Å². The highest BCUT2D eigenvalue weighted by atomic mass is 16.7. The Balaban J connectivity index is 2.55. The van der Waals surface area contributed by atoms with E-state index in [-0.39, 0.29) is 51.0 Å². The molecule has 1 heterocycles. The normalized spacial score (nSPS) is 15.4. The van der Waals surface area contributed by atoms with Crippen molar-refractivity contribution in [3.63, 3.8) is 0 Å². The average Bonchev–Trinajstić information content (AvgIpc) is 3.03. The van der Waals surface area contributed by atoms with Gasteiger partial charge in [-0.15, -0.1) is 0 Å². The van der Waals surface area contributed by atoms with E-state index >= 15 is 0 Å². The second-order valence-corrected chi connectivity index (χ2v) is 9.16. The Hall–Kier alpha value is -1.85. The zero-order valence-electron chi connectivity index (χ0n) is 21.1. The van der Waals surface area contributed by atoms with Gasteiger partial charge in [-0.1, -0.05) is 0 Å². The monoisotopic (exact) mass is 471 g/mol. The molecule has 190 valence electrons. The fourth-order valence-electron chi connectivity index (χ4n) is 2.78. The molecule has 0 fully saturated rings. The Kier molecular flexibility index (Phi) is 12.8. The third-order valence-corrected chi connectivity index (χ3v) is 4.72. The van der Waals surface area contributed by atoms with Crippen molar-refractivity contribution >= 4 is 17.7 Å². The van der Waals surface area contributed by atoms with Gasteiger partial charge in [0.1, 0.15) is 12.8 Å². The fraction of sp³-hybridized carbons (Fsp3) is 0.783. The summed E-state index contributed by atoms with van der Waals surface area (Å²) in [6.45, 7) is 13.1. The number of hydrogen-bond acceptors (Lipinski definition) is 8. The summed E-state index contributed by atoms with van der Waals surface area (Å²) in [5.41, 5.74) is -0.434. The fourth-order valence-corrected chi connectivity index (χ4v) is 2.78. The lowest BCUT2D eigenvalue weighted by Crippen LogP contribution is -2.43. The van der Waals surface area contributed by atoms with Crippen LogP contribution in [0.2, 0.25) is 0 Å². The van der Waals surface area contributed by atoms with E-state index in [1.54, 1.807) is 12.1 Å². The number of nitrogens with one attached hydrogen (secondary N) is 1. The number of rotatable bonds is 17. The second kappa shape index (κ2) is 14.4. The number of carbonyl (C=O) groups is 3. The summed E-state index contributed by atoms with van der Waals surface area (Å²) in [5.74, 6) is -1.10. The Morgan fingerprint density at radius 1 is 1.09 bits per heavy atom. The van der Waals surface area contributed by atoms with Gasteiger partial charge >= 0.3 is 0 Å². The molecule has 1 unspecified atom stereocenters. The standard InChI is InChI=1S/C23H41N3O7/c1-17(2)30-13-11-23(5,6)32-15-19(33-25(7)16-31-18(3)4)14-24-20(27)10-12-26-21(28)8-9-22(26)29/h8-9,17-19H,10-16H2,1-7H3,(H,24,27). The van der Waals surface area contributed by atoms with Gasteiger partial charge in [0, 0.05) is 45.3 Å². The molecule has 0 radical (unpaired) electrons. The highest BCUT2D eigenvalue weighted by molar-refractivity contribution is 6.13. The van der Waals surface area contributed by atoms with Gasteiger partial charge in [0.15, 0.2) is 0 Å². The van der Waals surface area contributed by atoms with E-state index in [4.69, 9.17) is 19.0 Å². The third kappa shape index (κ3) is 12.8. The van der Waals surface area contributed by atoms with Crippen LogP contribution in [0.5, 0.6) is 0 Å². The van der Waals surface area contributed by atoms with Crippen LogP contribution in [0.25, 0.3) is 0 Å². The largest absolute Gasteiger partial charge is 0.379 e. The van der Waals surface area contributed by atoms with Crippen LogP contribution in [-0.4, -0.2) is 91.7 Å². The van der Waals surface area contributed by atoms with Crippen molar-refractivity contribution in [2.75, 3.05) is 40.1 Å². The lowest BCUT2D eigenvalue weighted by Gasteiger charge is -2.30. The SMILES string of the molecule is CC(C)OCCC(C)(C)OCC(CNC(=O)CCN1C(=O)C=CC1=O)ON(C)COC(C)C. The topological polar surface area (TPSA) is 107 Å². The molecule has 0 aliphatic carbocycles. The van der Waals surface area contributed by atoms with Crippen LogP contribution in [0.15, 0.2) is 12.2 Å². The molecule has 0 bridgehead atoms. The summed E-state index contributed by atoms with van der Waals surface area (Å²) >= 11 is 0. The van der Waals surface area contributed by atoms with Gasteiger partial charge in [-0.25, -0.2) is 0 Å². The predicted molar refractivity (Wildman–Crippen MR) is 123 cm³/mol. The molecule has 1 aliphatic heterocycles. The van der Waals surface area contributed by atoms with Gasteiger partial charge in [0.05, 0.1) is 24.4 Å². The first-order valence-electron chi connectivity index (χ1n) is 11.4. The van der Waals surface area contributed by atoms with Crippen molar-refractivity contribution < 1.29 is 33.4 Å². The summed E-state index contributed by atoms with van der Waals surface area (Å²) in [6, 6.07) is 0. The number of hydrogen-bond donors (Lipinski definition) is 1. The highest BCUT2D eigenvalue weighted by Crippen LogP contribution is 2.16. The van der Waals surface area contributed by atoms with E-state index in [1.165, 1.54) is 12.2 Å². The minimum Gasteiger partial charge on any atom is -0.379 e. The Morgan fingerprint density at radius 3 is 2.27 bits per heavy atom. The first-order chi connectivity index (χ1) is 15.4. The lowest BCUT2D eigenvalue weighted by molar-refractivity contribution is -0.242. The number of imide groups is 1. The van der Waals surface area contributed by atoms with E-state index < -0.39 is 23.5 Å². The maximum Gasteiger partial charge on any atom is 0.253 e. The molecular weight excluding hydrogens is 430 g/mol. The predicted octanol–water partition coefficient (Wildman–Crippen LogP) is 1.64. The van der Waals surface area contributed by atoms with E-state index in [9.17, 15) is 14.4 Å².